The lowest BCUT2D eigenvalue weighted by molar-refractivity contribution is 1.07. The van der Waals surface area contributed by atoms with Crippen molar-refractivity contribution in [1.29, 1.82) is 0 Å². The summed E-state index contributed by atoms with van der Waals surface area (Å²) in [6.45, 7) is 2.16. The Kier molecular flexibility index (Phi) is 10.4. The van der Waals surface area contributed by atoms with Crippen molar-refractivity contribution in [3.05, 3.63) is 254 Å². The minimum absolute atomic E-state index is 0.605. The number of aryl methyl sites for hydroxylation is 1. The fourth-order valence-electron chi connectivity index (χ4n) is 9.53. The van der Waals surface area contributed by atoms with E-state index in [2.05, 4.69) is 260 Å². The van der Waals surface area contributed by atoms with E-state index in [1.165, 1.54) is 49.7 Å². The molecule has 0 bridgehead atoms. The number of hydrogen-bond donors (Lipinski definition) is 0. The van der Waals surface area contributed by atoms with Crippen molar-refractivity contribution >= 4 is 21.8 Å². The first kappa shape index (κ1) is 40.5. The van der Waals surface area contributed by atoms with Crippen molar-refractivity contribution in [1.82, 2.24) is 19.5 Å². The summed E-state index contributed by atoms with van der Waals surface area (Å²) in [5, 5.41) is 2.43. The smallest absolute Gasteiger partial charge is 0.164 e. The number of para-hydroxylation sites is 2. The summed E-state index contributed by atoms with van der Waals surface area (Å²) >= 11 is 0. The normalized spacial score (nSPS) is 11.3. The molecule has 0 N–H and O–H groups in total. The second kappa shape index (κ2) is 17.4. The van der Waals surface area contributed by atoms with Crippen LogP contribution in [0.1, 0.15) is 5.56 Å². The summed E-state index contributed by atoms with van der Waals surface area (Å²) in [7, 11) is 0. The van der Waals surface area contributed by atoms with Crippen LogP contribution in [0, 0.1) is 6.92 Å². The van der Waals surface area contributed by atoms with Gasteiger partial charge in [-0.25, -0.2) is 15.0 Å². The molecule has 10 aromatic carbocycles. The SMILES string of the molecule is Cc1cc(-c2ccccc2)cc(-c2ccc(-c3nc(-c4cccc(-c5cccc(-c6cccc(-c7ccccc7)c6)c5)c4)nc(-c4cccc(-n5c6ccccc6c6ccccc65)c4)n3)cc2)c1. The Morgan fingerprint density at radius 3 is 1.12 bits per heavy atom. The van der Waals surface area contributed by atoms with Crippen molar-refractivity contribution in [2.75, 3.05) is 0 Å². The van der Waals surface area contributed by atoms with Crippen LogP contribution in [0.2, 0.25) is 0 Å². The van der Waals surface area contributed by atoms with Crippen molar-refractivity contribution in [3.8, 4) is 95.5 Å². The minimum atomic E-state index is 0.605. The summed E-state index contributed by atoms with van der Waals surface area (Å²) in [6.07, 6.45) is 0. The average molecular weight is 869 g/mol. The van der Waals surface area contributed by atoms with Gasteiger partial charge in [0.25, 0.3) is 0 Å². The second-order valence-corrected chi connectivity index (χ2v) is 17.4. The first-order valence-electron chi connectivity index (χ1n) is 23.1. The second-order valence-electron chi connectivity index (χ2n) is 17.4. The molecule has 0 radical (unpaired) electrons. The zero-order valence-corrected chi connectivity index (χ0v) is 37.5. The van der Waals surface area contributed by atoms with Gasteiger partial charge in [0.1, 0.15) is 0 Å². The Morgan fingerprint density at radius 1 is 0.250 bits per heavy atom. The third-order valence-electron chi connectivity index (χ3n) is 12.9. The summed E-state index contributed by atoms with van der Waals surface area (Å²) in [5.41, 5.74) is 18.9. The monoisotopic (exact) mass is 868 g/mol. The molecule has 0 saturated carbocycles. The van der Waals surface area contributed by atoms with E-state index in [0.29, 0.717) is 17.5 Å². The summed E-state index contributed by atoms with van der Waals surface area (Å²) in [6, 6.07) is 88.3. The highest BCUT2D eigenvalue weighted by Crippen LogP contribution is 2.36. The van der Waals surface area contributed by atoms with Crippen molar-refractivity contribution in [2.45, 2.75) is 6.92 Å². The van der Waals surface area contributed by atoms with Gasteiger partial charge in [0.05, 0.1) is 11.0 Å². The molecule has 12 rings (SSSR count). The van der Waals surface area contributed by atoms with Crippen LogP contribution in [0.3, 0.4) is 0 Å². The van der Waals surface area contributed by atoms with Gasteiger partial charge < -0.3 is 4.57 Å². The van der Waals surface area contributed by atoms with Gasteiger partial charge in [-0.2, -0.15) is 0 Å². The molecule has 12 aromatic rings. The van der Waals surface area contributed by atoms with E-state index in [4.69, 9.17) is 15.0 Å². The van der Waals surface area contributed by atoms with Gasteiger partial charge in [0.15, 0.2) is 17.5 Å². The van der Waals surface area contributed by atoms with E-state index in [-0.39, 0.29) is 0 Å². The Balaban J connectivity index is 0.954. The third-order valence-corrected chi connectivity index (χ3v) is 12.9. The molecule has 2 heterocycles. The third kappa shape index (κ3) is 7.84. The number of rotatable bonds is 9. The Bertz CT molecular complexity index is 3740. The number of hydrogen-bond acceptors (Lipinski definition) is 3. The first-order chi connectivity index (χ1) is 33.6. The van der Waals surface area contributed by atoms with Gasteiger partial charge >= 0.3 is 0 Å². The lowest BCUT2D eigenvalue weighted by Crippen LogP contribution is -2.01. The first-order valence-corrected chi connectivity index (χ1v) is 23.1. The predicted molar refractivity (Wildman–Crippen MR) is 282 cm³/mol. The molecule has 4 heteroatoms. The molecule has 0 aliphatic heterocycles. The quantitative estimate of drug-likeness (QED) is 0.145. The highest BCUT2D eigenvalue weighted by atomic mass is 15.0. The molecule has 0 aliphatic rings. The zero-order valence-electron chi connectivity index (χ0n) is 37.5. The van der Waals surface area contributed by atoms with Gasteiger partial charge in [-0.15, -0.1) is 0 Å². The molecule has 0 saturated heterocycles. The maximum atomic E-state index is 5.27. The van der Waals surface area contributed by atoms with Crippen LogP contribution < -0.4 is 0 Å². The van der Waals surface area contributed by atoms with Gasteiger partial charge in [0.2, 0.25) is 0 Å². The largest absolute Gasteiger partial charge is 0.309 e. The number of fused-ring (bicyclic) bond motifs is 3. The summed E-state index contributed by atoms with van der Waals surface area (Å²) in [4.78, 5) is 15.7. The molecule has 0 atom stereocenters. The highest BCUT2D eigenvalue weighted by molar-refractivity contribution is 6.09. The molecular weight excluding hydrogens is 825 g/mol. The maximum absolute atomic E-state index is 5.27. The zero-order chi connectivity index (χ0) is 45.4. The molecular formula is C64H44N4. The van der Waals surface area contributed by atoms with E-state index < -0.39 is 0 Å². The van der Waals surface area contributed by atoms with Crippen LogP contribution in [-0.2, 0) is 0 Å². The Morgan fingerprint density at radius 2 is 0.588 bits per heavy atom. The van der Waals surface area contributed by atoms with E-state index in [0.717, 1.165) is 55.7 Å². The standard InChI is InChI=1S/C64H44N4/c1-43-36-55(45-18-6-3-7-19-45)41-56(37-43)46-32-34-47(35-33-46)62-65-63(67-64(66-62)54-26-15-27-57(42-54)68-60-30-10-8-28-58(60)59-29-9-11-31-61(59)68)53-25-14-24-52(40-53)51-23-13-22-50(39-51)49-21-12-20-48(38-49)44-16-4-2-5-17-44/h2-42H,1H3. The van der Waals surface area contributed by atoms with Crippen molar-refractivity contribution in [2.24, 2.45) is 0 Å². The van der Waals surface area contributed by atoms with Crippen LogP contribution in [0.5, 0.6) is 0 Å². The Hall–Kier alpha value is -8.99. The van der Waals surface area contributed by atoms with Gasteiger partial charge in [-0.3, -0.25) is 0 Å². The van der Waals surface area contributed by atoms with E-state index in [1.807, 2.05) is 0 Å². The molecule has 0 fully saturated rings. The van der Waals surface area contributed by atoms with Crippen LogP contribution in [0.4, 0.5) is 0 Å². The molecule has 0 unspecified atom stereocenters. The molecule has 2 aromatic heterocycles. The number of benzene rings is 10. The number of nitrogens with zero attached hydrogens (tertiary/aromatic N) is 4. The van der Waals surface area contributed by atoms with Crippen molar-refractivity contribution < 1.29 is 0 Å². The lowest BCUT2D eigenvalue weighted by Gasteiger charge is -2.13. The van der Waals surface area contributed by atoms with Gasteiger partial charge in [-0.1, -0.05) is 200 Å². The van der Waals surface area contributed by atoms with Crippen LogP contribution >= 0.6 is 0 Å². The van der Waals surface area contributed by atoms with Gasteiger partial charge in [0, 0.05) is 33.2 Å². The van der Waals surface area contributed by atoms with Crippen LogP contribution in [0.25, 0.3) is 117 Å². The lowest BCUT2D eigenvalue weighted by atomic mass is 9.95. The fraction of sp³-hybridized carbons (Fsp3) is 0.0156. The average Bonchev–Trinajstić information content (AvgIpc) is 3.76. The predicted octanol–water partition coefficient (Wildman–Crippen LogP) is 16.6. The minimum Gasteiger partial charge on any atom is -0.309 e. The van der Waals surface area contributed by atoms with E-state index in [1.54, 1.807) is 0 Å². The maximum Gasteiger partial charge on any atom is 0.164 e. The molecule has 0 spiro atoms. The van der Waals surface area contributed by atoms with Gasteiger partial charge in [-0.05, 0) is 117 Å². The highest BCUT2D eigenvalue weighted by Gasteiger charge is 2.17. The summed E-state index contributed by atoms with van der Waals surface area (Å²) < 4.78 is 2.33. The molecule has 0 amide bonds. The van der Waals surface area contributed by atoms with E-state index in [9.17, 15) is 0 Å². The van der Waals surface area contributed by atoms with Crippen LogP contribution in [0.15, 0.2) is 249 Å². The number of aromatic nitrogens is 4. The Labute approximate surface area is 396 Å². The van der Waals surface area contributed by atoms with E-state index >= 15 is 0 Å². The fourth-order valence-corrected chi connectivity index (χ4v) is 9.53. The topological polar surface area (TPSA) is 43.6 Å². The molecule has 320 valence electrons. The molecule has 0 aliphatic carbocycles. The van der Waals surface area contributed by atoms with Crippen molar-refractivity contribution in [3.63, 3.8) is 0 Å². The molecule has 68 heavy (non-hydrogen) atoms. The molecule has 4 nitrogen and oxygen atoms in total. The summed E-state index contributed by atoms with van der Waals surface area (Å²) in [5.74, 6) is 1.82. The van der Waals surface area contributed by atoms with Crippen LogP contribution in [-0.4, -0.2) is 19.5 Å².